The second-order valence-electron chi connectivity index (χ2n) is 6.69. The van der Waals surface area contributed by atoms with Gasteiger partial charge in [0.1, 0.15) is 0 Å². The van der Waals surface area contributed by atoms with Crippen LogP contribution in [0.1, 0.15) is 75.0 Å². The molecule has 0 spiro atoms. The first-order valence-electron chi connectivity index (χ1n) is 6.69. The van der Waals surface area contributed by atoms with Crippen LogP contribution in [-0.4, -0.2) is 0 Å². The van der Waals surface area contributed by atoms with Gasteiger partial charge in [-0.2, -0.15) is 0 Å². The molecule has 3 rings (SSSR count). The Morgan fingerprint density at radius 1 is 0.812 bits per heavy atom. The molecular formula is C16H22. The molecule has 0 aromatic heterocycles. The van der Waals surface area contributed by atoms with Crippen LogP contribution in [0, 0.1) is 0 Å². The fraction of sp³-hybridized carbons (Fsp3) is 0.625. The fourth-order valence-corrected chi connectivity index (χ4v) is 2.41. The van der Waals surface area contributed by atoms with Gasteiger partial charge in [-0.25, -0.2) is 0 Å². The van der Waals surface area contributed by atoms with Crippen LogP contribution in [0.15, 0.2) is 18.2 Å². The molecule has 1 aromatic rings. The van der Waals surface area contributed by atoms with E-state index in [0.717, 1.165) is 11.8 Å². The maximum absolute atomic E-state index is 2.49. The highest BCUT2D eigenvalue weighted by molar-refractivity contribution is 5.40. The Morgan fingerprint density at radius 3 is 1.56 bits per heavy atom. The second kappa shape index (κ2) is 3.35. The monoisotopic (exact) mass is 214 g/mol. The maximum atomic E-state index is 2.49. The van der Waals surface area contributed by atoms with Crippen molar-refractivity contribution in [3.8, 4) is 0 Å². The summed E-state index contributed by atoms with van der Waals surface area (Å²) in [4.78, 5) is 0. The topological polar surface area (TPSA) is 0 Å². The van der Waals surface area contributed by atoms with Gasteiger partial charge in [-0.05, 0) is 59.6 Å². The van der Waals surface area contributed by atoms with Gasteiger partial charge >= 0.3 is 0 Å². The molecule has 16 heavy (non-hydrogen) atoms. The summed E-state index contributed by atoms with van der Waals surface area (Å²) in [5, 5.41) is 0. The summed E-state index contributed by atoms with van der Waals surface area (Å²) in [6.07, 6.45) is 5.66. The lowest BCUT2D eigenvalue weighted by Crippen LogP contribution is -2.12. The van der Waals surface area contributed by atoms with Crippen LogP contribution in [0.5, 0.6) is 0 Å². The third-order valence-electron chi connectivity index (χ3n) is 3.94. The molecule has 0 bridgehead atoms. The average molecular weight is 214 g/mol. The van der Waals surface area contributed by atoms with E-state index in [4.69, 9.17) is 0 Å². The van der Waals surface area contributed by atoms with Gasteiger partial charge < -0.3 is 0 Å². The van der Waals surface area contributed by atoms with Crippen molar-refractivity contribution in [2.45, 2.75) is 63.7 Å². The summed E-state index contributed by atoms with van der Waals surface area (Å²) < 4.78 is 0. The van der Waals surface area contributed by atoms with Crippen molar-refractivity contribution in [1.29, 1.82) is 0 Å². The van der Waals surface area contributed by atoms with E-state index in [2.05, 4.69) is 39.0 Å². The molecule has 0 N–H and O–H groups in total. The summed E-state index contributed by atoms with van der Waals surface area (Å²) in [7, 11) is 0. The largest absolute Gasteiger partial charge is 0.0561 e. The van der Waals surface area contributed by atoms with Gasteiger partial charge in [-0.15, -0.1) is 0 Å². The van der Waals surface area contributed by atoms with Crippen molar-refractivity contribution in [1.82, 2.24) is 0 Å². The van der Waals surface area contributed by atoms with Gasteiger partial charge in [-0.1, -0.05) is 39.0 Å². The molecule has 0 atom stereocenters. The van der Waals surface area contributed by atoms with E-state index in [1.165, 1.54) is 25.7 Å². The van der Waals surface area contributed by atoms with E-state index >= 15 is 0 Å². The average Bonchev–Trinajstić information content (AvgIpc) is 3.07. The molecule has 2 fully saturated rings. The SMILES string of the molecule is CC(C)(C)c1cc(C2CC2)cc(C2CC2)c1. The van der Waals surface area contributed by atoms with Crippen LogP contribution in [0.2, 0.25) is 0 Å². The van der Waals surface area contributed by atoms with Crippen molar-refractivity contribution in [3.63, 3.8) is 0 Å². The Balaban J connectivity index is 2.02. The molecule has 0 aliphatic heterocycles. The van der Waals surface area contributed by atoms with Crippen LogP contribution < -0.4 is 0 Å². The summed E-state index contributed by atoms with van der Waals surface area (Å²) in [5.41, 5.74) is 5.08. The quantitative estimate of drug-likeness (QED) is 0.667. The Morgan fingerprint density at radius 2 is 1.25 bits per heavy atom. The van der Waals surface area contributed by atoms with Crippen LogP contribution >= 0.6 is 0 Å². The Bertz CT molecular complexity index is 370. The van der Waals surface area contributed by atoms with E-state index in [0.29, 0.717) is 5.41 Å². The zero-order chi connectivity index (χ0) is 11.3. The zero-order valence-corrected chi connectivity index (χ0v) is 10.7. The van der Waals surface area contributed by atoms with Crippen molar-refractivity contribution in [2.75, 3.05) is 0 Å². The molecule has 0 heteroatoms. The van der Waals surface area contributed by atoms with Crippen LogP contribution in [0.3, 0.4) is 0 Å². The minimum atomic E-state index is 0.300. The van der Waals surface area contributed by atoms with Crippen molar-refractivity contribution >= 4 is 0 Å². The summed E-state index contributed by atoms with van der Waals surface area (Å²) in [6.45, 7) is 6.99. The summed E-state index contributed by atoms with van der Waals surface area (Å²) >= 11 is 0. The zero-order valence-electron chi connectivity index (χ0n) is 10.7. The number of hydrogen-bond donors (Lipinski definition) is 0. The van der Waals surface area contributed by atoms with E-state index in [9.17, 15) is 0 Å². The third kappa shape index (κ3) is 2.03. The highest BCUT2D eigenvalue weighted by Gasteiger charge is 2.29. The van der Waals surface area contributed by atoms with Gasteiger partial charge in [0, 0.05) is 0 Å². The van der Waals surface area contributed by atoms with Gasteiger partial charge in [0.15, 0.2) is 0 Å². The molecular weight excluding hydrogens is 192 g/mol. The Labute approximate surface area is 99.1 Å². The van der Waals surface area contributed by atoms with Gasteiger partial charge in [0.2, 0.25) is 0 Å². The predicted octanol–water partition coefficient (Wildman–Crippen LogP) is 4.74. The number of benzene rings is 1. The van der Waals surface area contributed by atoms with E-state index in [1.54, 1.807) is 16.7 Å². The maximum Gasteiger partial charge on any atom is -0.0132 e. The molecule has 0 saturated heterocycles. The molecule has 2 aliphatic rings. The molecule has 0 nitrogen and oxygen atoms in total. The molecule has 0 radical (unpaired) electrons. The highest BCUT2D eigenvalue weighted by atomic mass is 14.3. The molecule has 0 unspecified atom stereocenters. The summed E-state index contributed by atoms with van der Waals surface area (Å²) in [6, 6.07) is 7.41. The first-order chi connectivity index (χ1) is 7.54. The van der Waals surface area contributed by atoms with Crippen LogP contribution in [0.25, 0.3) is 0 Å². The Kier molecular flexibility index (Phi) is 2.18. The van der Waals surface area contributed by atoms with Crippen molar-refractivity contribution < 1.29 is 0 Å². The first kappa shape index (κ1) is 10.4. The van der Waals surface area contributed by atoms with Crippen LogP contribution in [0.4, 0.5) is 0 Å². The minimum Gasteiger partial charge on any atom is -0.0561 e. The van der Waals surface area contributed by atoms with Gasteiger partial charge in [-0.3, -0.25) is 0 Å². The van der Waals surface area contributed by atoms with Crippen LogP contribution in [-0.2, 0) is 5.41 Å². The minimum absolute atomic E-state index is 0.300. The molecule has 2 saturated carbocycles. The molecule has 0 heterocycles. The lowest BCUT2D eigenvalue weighted by atomic mass is 9.84. The van der Waals surface area contributed by atoms with E-state index in [1.807, 2.05) is 0 Å². The van der Waals surface area contributed by atoms with Gasteiger partial charge in [0.25, 0.3) is 0 Å². The normalized spacial score (nSPS) is 21.2. The van der Waals surface area contributed by atoms with Crippen molar-refractivity contribution in [3.05, 3.63) is 34.9 Å². The predicted molar refractivity (Wildman–Crippen MR) is 69.1 cm³/mol. The van der Waals surface area contributed by atoms with Gasteiger partial charge in [0.05, 0.1) is 0 Å². The fourth-order valence-electron chi connectivity index (χ4n) is 2.41. The first-order valence-corrected chi connectivity index (χ1v) is 6.69. The lowest BCUT2D eigenvalue weighted by molar-refractivity contribution is 0.588. The smallest absolute Gasteiger partial charge is 0.0132 e. The molecule has 1 aromatic carbocycles. The molecule has 86 valence electrons. The second-order valence-corrected chi connectivity index (χ2v) is 6.69. The summed E-state index contributed by atoms with van der Waals surface area (Å²) in [5.74, 6) is 1.78. The van der Waals surface area contributed by atoms with E-state index in [-0.39, 0.29) is 0 Å². The molecule has 2 aliphatic carbocycles. The van der Waals surface area contributed by atoms with E-state index < -0.39 is 0 Å². The molecule has 0 amide bonds. The standard InChI is InChI=1S/C16H22/c1-16(2,3)15-9-13(11-4-5-11)8-14(10-15)12-6-7-12/h8-12H,4-7H2,1-3H3. The highest BCUT2D eigenvalue weighted by Crippen LogP contribution is 2.46. The third-order valence-corrected chi connectivity index (χ3v) is 3.94. The number of rotatable bonds is 2. The number of hydrogen-bond acceptors (Lipinski definition) is 0. The van der Waals surface area contributed by atoms with Crippen molar-refractivity contribution in [2.24, 2.45) is 0 Å². The Hall–Kier alpha value is -0.780. The lowest BCUT2D eigenvalue weighted by Gasteiger charge is -2.21.